The third-order valence-electron chi connectivity index (χ3n) is 5.14. The van der Waals surface area contributed by atoms with Crippen molar-refractivity contribution in [3.05, 3.63) is 99.7 Å². The van der Waals surface area contributed by atoms with E-state index in [2.05, 4.69) is 10.9 Å². The highest BCUT2D eigenvalue weighted by Gasteiger charge is 2.19. The number of para-hydroxylation sites is 1. The lowest BCUT2D eigenvalue weighted by molar-refractivity contribution is 0.0847. The summed E-state index contributed by atoms with van der Waals surface area (Å²) in [6.45, 7) is 4.08. The topological polar surface area (TPSA) is 97.6 Å². The predicted octanol–water partition coefficient (Wildman–Crippen LogP) is 4.24. The Balaban J connectivity index is 1.61. The maximum Gasteiger partial charge on any atom is 0.273 e. The lowest BCUT2D eigenvalue weighted by atomic mass is 10.0. The maximum absolute atomic E-state index is 13.0. The molecule has 1 aromatic heterocycles. The van der Waals surface area contributed by atoms with E-state index in [9.17, 15) is 14.4 Å². The van der Waals surface area contributed by atoms with E-state index < -0.39 is 11.8 Å². The molecular weight excluding hydrogens is 420 g/mol. The third-order valence-corrected chi connectivity index (χ3v) is 5.14. The highest BCUT2D eigenvalue weighted by atomic mass is 16.5. The second-order valence-electron chi connectivity index (χ2n) is 7.30. The average Bonchev–Trinajstić information content (AvgIpc) is 2.85. The summed E-state index contributed by atoms with van der Waals surface area (Å²) in [5.41, 5.74) is 6.38. The van der Waals surface area contributed by atoms with Gasteiger partial charge in [0, 0.05) is 16.7 Å². The van der Waals surface area contributed by atoms with Crippen LogP contribution in [-0.2, 0) is 0 Å². The first-order valence-electron chi connectivity index (χ1n) is 10.4. The van der Waals surface area contributed by atoms with Gasteiger partial charge in [0.25, 0.3) is 11.8 Å². The molecule has 7 nitrogen and oxygen atoms in total. The molecule has 1 heterocycles. The molecule has 0 aliphatic heterocycles. The molecule has 3 aromatic carbocycles. The molecule has 0 fully saturated rings. The smallest absolute Gasteiger partial charge is 0.273 e. The van der Waals surface area contributed by atoms with Crippen LogP contribution in [0.2, 0.25) is 0 Å². The van der Waals surface area contributed by atoms with Crippen molar-refractivity contribution in [1.29, 1.82) is 0 Å². The molecule has 166 valence electrons. The minimum Gasteiger partial charge on any atom is -0.494 e. The Bertz CT molecular complexity index is 1380. The molecule has 0 saturated carbocycles. The van der Waals surface area contributed by atoms with Crippen LogP contribution in [0.15, 0.2) is 82.0 Å². The molecule has 0 aliphatic rings. The van der Waals surface area contributed by atoms with Gasteiger partial charge in [-0.15, -0.1) is 0 Å². The van der Waals surface area contributed by atoms with Gasteiger partial charge in [-0.05, 0) is 50.2 Å². The monoisotopic (exact) mass is 442 g/mol. The lowest BCUT2D eigenvalue weighted by Gasteiger charge is -2.11. The van der Waals surface area contributed by atoms with E-state index in [0.717, 1.165) is 5.56 Å². The van der Waals surface area contributed by atoms with Crippen LogP contribution in [0.5, 0.6) is 5.75 Å². The Morgan fingerprint density at radius 2 is 1.58 bits per heavy atom. The average molecular weight is 442 g/mol. The molecule has 0 radical (unpaired) electrons. The van der Waals surface area contributed by atoms with Gasteiger partial charge >= 0.3 is 0 Å². The zero-order chi connectivity index (χ0) is 23.4. The highest BCUT2D eigenvalue weighted by Crippen LogP contribution is 2.27. The van der Waals surface area contributed by atoms with Crippen molar-refractivity contribution in [3.63, 3.8) is 0 Å². The number of carbonyl (C=O) groups excluding carboxylic acids is 2. The standard InChI is InChI=1S/C26H22N2O5/c1-3-32-19-14-12-18(13-15-19)25(30)27-28-26(31)21-11-7-10-20-22(29)16(2)23(33-24(20)21)17-8-5-4-6-9-17/h4-15H,3H2,1-2H3,(H,27,30)(H,28,31). The molecule has 33 heavy (non-hydrogen) atoms. The van der Waals surface area contributed by atoms with Crippen molar-refractivity contribution in [2.75, 3.05) is 6.61 Å². The number of ether oxygens (including phenoxy) is 1. The van der Waals surface area contributed by atoms with Crippen LogP contribution >= 0.6 is 0 Å². The highest BCUT2D eigenvalue weighted by molar-refractivity contribution is 6.06. The van der Waals surface area contributed by atoms with Gasteiger partial charge in [-0.25, -0.2) is 0 Å². The Hall–Kier alpha value is -4.39. The van der Waals surface area contributed by atoms with E-state index in [0.29, 0.717) is 29.2 Å². The summed E-state index contributed by atoms with van der Waals surface area (Å²) in [5.74, 6) is -0.0556. The normalized spacial score (nSPS) is 10.6. The molecule has 0 atom stereocenters. The molecule has 2 amide bonds. The van der Waals surface area contributed by atoms with E-state index in [-0.39, 0.29) is 22.0 Å². The molecular formula is C26H22N2O5. The van der Waals surface area contributed by atoms with Crippen molar-refractivity contribution in [3.8, 4) is 17.1 Å². The Kier molecular flexibility index (Phi) is 6.22. The molecule has 0 unspecified atom stereocenters. The van der Waals surface area contributed by atoms with Gasteiger partial charge in [-0.3, -0.25) is 25.2 Å². The number of fused-ring (bicyclic) bond motifs is 1. The lowest BCUT2D eigenvalue weighted by Crippen LogP contribution is -2.41. The summed E-state index contributed by atoms with van der Waals surface area (Å²) >= 11 is 0. The second-order valence-corrected chi connectivity index (χ2v) is 7.30. The molecule has 0 aliphatic carbocycles. The fraction of sp³-hybridized carbons (Fsp3) is 0.115. The van der Waals surface area contributed by atoms with Crippen LogP contribution in [0.25, 0.3) is 22.3 Å². The molecule has 0 spiro atoms. The van der Waals surface area contributed by atoms with Crippen LogP contribution in [0.4, 0.5) is 0 Å². The summed E-state index contributed by atoms with van der Waals surface area (Å²) in [5, 5.41) is 0.290. The first kappa shape index (κ1) is 21.8. The first-order chi connectivity index (χ1) is 16.0. The Morgan fingerprint density at radius 1 is 0.879 bits per heavy atom. The predicted molar refractivity (Wildman–Crippen MR) is 125 cm³/mol. The number of benzene rings is 3. The van der Waals surface area contributed by atoms with Gasteiger partial charge < -0.3 is 9.15 Å². The van der Waals surface area contributed by atoms with Gasteiger partial charge in [-0.2, -0.15) is 0 Å². The third kappa shape index (κ3) is 4.48. The van der Waals surface area contributed by atoms with Crippen LogP contribution in [0.3, 0.4) is 0 Å². The SMILES string of the molecule is CCOc1ccc(C(=O)NNC(=O)c2cccc3c(=O)c(C)c(-c4ccccc4)oc23)cc1. The summed E-state index contributed by atoms with van der Waals surface area (Å²) < 4.78 is 11.4. The van der Waals surface area contributed by atoms with Crippen LogP contribution in [0, 0.1) is 6.92 Å². The van der Waals surface area contributed by atoms with E-state index in [1.165, 1.54) is 6.07 Å². The quantitative estimate of drug-likeness (QED) is 0.451. The fourth-order valence-electron chi connectivity index (χ4n) is 3.48. The minimum absolute atomic E-state index is 0.133. The molecule has 2 N–H and O–H groups in total. The number of hydrogen-bond acceptors (Lipinski definition) is 5. The van der Waals surface area contributed by atoms with E-state index >= 15 is 0 Å². The number of nitrogens with one attached hydrogen (secondary N) is 2. The van der Waals surface area contributed by atoms with Crippen molar-refractivity contribution < 1.29 is 18.7 Å². The van der Waals surface area contributed by atoms with Crippen LogP contribution in [0.1, 0.15) is 33.2 Å². The minimum atomic E-state index is -0.606. The summed E-state index contributed by atoms with van der Waals surface area (Å²) in [4.78, 5) is 38.2. The van der Waals surface area contributed by atoms with E-state index in [1.807, 2.05) is 37.3 Å². The molecule has 4 aromatic rings. The maximum atomic E-state index is 13.0. The number of rotatable bonds is 5. The van der Waals surface area contributed by atoms with Crippen molar-refractivity contribution in [2.24, 2.45) is 0 Å². The number of amides is 2. The molecule has 0 saturated heterocycles. The van der Waals surface area contributed by atoms with Gasteiger partial charge in [0.05, 0.1) is 17.6 Å². The van der Waals surface area contributed by atoms with Crippen LogP contribution in [-0.4, -0.2) is 18.4 Å². The largest absolute Gasteiger partial charge is 0.494 e. The Morgan fingerprint density at radius 3 is 2.27 bits per heavy atom. The summed E-state index contributed by atoms with van der Waals surface area (Å²) in [7, 11) is 0. The number of hydrogen-bond donors (Lipinski definition) is 2. The van der Waals surface area contributed by atoms with Crippen molar-refractivity contribution in [1.82, 2.24) is 10.9 Å². The first-order valence-corrected chi connectivity index (χ1v) is 10.4. The van der Waals surface area contributed by atoms with Crippen molar-refractivity contribution >= 4 is 22.8 Å². The zero-order valence-corrected chi connectivity index (χ0v) is 18.2. The molecule has 0 bridgehead atoms. The number of hydrazine groups is 1. The van der Waals surface area contributed by atoms with E-state index in [1.54, 1.807) is 43.3 Å². The molecule has 7 heteroatoms. The van der Waals surface area contributed by atoms with Gasteiger partial charge in [0.1, 0.15) is 11.5 Å². The zero-order valence-electron chi connectivity index (χ0n) is 18.2. The second kappa shape index (κ2) is 9.40. The van der Waals surface area contributed by atoms with E-state index in [4.69, 9.17) is 9.15 Å². The fourth-order valence-corrected chi connectivity index (χ4v) is 3.48. The van der Waals surface area contributed by atoms with Crippen LogP contribution < -0.4 is 21.0 Å². The Labute approximate surface area is 190 Å². The summed E-state index contributed by atoms with van der Waals surface area (Å²) in [6, 6.07) is 20.5. The van der Waals surface area contributed by atoms with Gasteiger partial charge in [0.15, 0.2) is 11.0 Å². The van der Waals surface area contributed by atoms with Gasteiger partial charge in [0.2, 0.25) is 0 Å². The molecule has 4 rings (SSSR count). The van der Waals surface area contributed by atoms with Crippen molar-refractivity contribution in [2.45, 2.75) is 13.8 Å². The summed E-state index contributed by atoms with van der Waals surface area (Å²) in [6.07, 6.45) is 0. The number of carbonyl (C=O) groups is 2. The van der Waals surface area contributed by atoms with Gasteiger partial charge in [-0.1, -0.05) is 36.4 Å².